The lowest BCUT2D eigenvalue weighted by Gasteiger charge is -2.31. The monoisotopic (exact) mass is 269 g/mol. The van der Waals surface area contributed by atoms with E-state index in [1.807, 2.05) is 6.07 Å². The quantitative estimate of drug-likeness (QED) is 0.834. The molecule has 20 heavy (non-hydrogen) atoms. The molecule has 1 saturated heterocycles. The molecule has 1 aromatic rings. The van der Waals surface area contributed by atoms with Crippen molar-refractivity contribution in [1.82, 2.24) is 10.2 Å². The molecule has 2 fully saturated rings. The summed E-state index contributed by atoms with van der Waals surface area (Å²) in [4.78, 5) is 25.8. The van der Waals surface area contributed by atoms with Crippen molar-refractivity contribution in [1.29, 1.82) is 5.26 Å². The molecule has 5 heteroatoms. The minimum atomic E-state index is -0.667. The number of urea groups is 1. The van der Waals surface area contributed by atoms with Crippen LogP contribution >= 0.6 is 0 Å². The lowest BCUT2D eigenvalue weighted by atomic mass is 9.95. The number of carbonyl (C=O) groups excluding carboxylic acids is 2. The fourth-order valence-electron chi connectivity index (χ4n) is 3.20. The standard InChI is InChI=1S/C15H15N3O2/c16-9-11-4-3-5-12(8-11)10-18-14(20)17-13(19)15(18)6-1-2-7-15/h3-5,8H,1-2,6-7,10H2,(H,17,19,20). The number of benzene rings is 1. The van der Waals surface area contributed by atoms with E-state index in [1.165, 1.54) is 0 Å². The van der Waals surface area contributed by atoms with Crippen molar-refractivity contribution in [3.8, 4) is 6.07 Å². The highest BCUT2D eigenvalue weighted by atomic mass is 16.2. The molecule has 1 heterocycles. The molecule has 1 aliphatic carbocycles. The van der Waals surface area contributed by atoms with Crippen molar-refractivity contribution < 1.29 is 9.59 Å². The second-order valence-electron chi connectivity index (χ2n) is 5.40. The normalized spacial score (nSPS) is 20.2. The van der Waals surface area contributed by atoms with Gasteiger partial charge in [-0.15, -0.1) is 0 Å². The number of imide groups is 1. The van der Waals surface area contributed by atoms with Gasteiger partial charge < -0.3 is 4.90 Å². The van der Waals surface area contributed by atoms with Crippen LogP contribution in [0.25, 0.3) is 0 Å². The Morgan fingerprint density at radius 3 is 2.75 bits per heavy atom. The van der Waals surface area contributed by atoms with Crippen LogP contribution in [0.2, 0.25) is 0 Å². The zero-order chi connectivity index (χ0) is 14.2. The SMILES string of the molecule is N#Cc1cccc(CN2C(=O)NC(=O)C23CCCC3)c1. The first-order valence-corrected chi connectivity index (χ1v) is 6.78. The van der Waals surface area contributed by atoms with Gasteiger partial charge in [0, 0.05) is 6.54 Å². The van der Waals surface area contributed by atoms with Crippen LogP contribution < -0.4 is 5.32 Å². The van der Waals surface area contributed by atoms with Crippen molar-refractivity contribution in [3.63, 3.8) is 0 Å². The van der Waals surface area contributed by atoms with Crippen molar-refractivity contribution in [2.75, 3.05) is 0 Å². The van der Waals surface area contributed by atoms with Crippen LogP contribution in [-0.2, 0) is 11.3 Å². The Hall–Kier alpha value is -2.35. The lowest BCUT2D eigenvalue weighted by Crippen LogP contribution is -2.46. The highest BCUT2D eigenvalue weighted by Crippen LogP contribution is 2.39. The number of nitrogens with zero attached hydrogens (tertiary/aromatic N) is 2. The van der Waals surface area contributed by atoms with Gasteiger partial charge in [-0.05, 0) is 30.5 Å². The number of hydrogen-bond donors (Lipinski definition) is 1. The summed E-state index contributed by atoms with van der Waals surface area (Å²) >= 11 is 0. The van der Waals surface area contributed by atoms with Gasteiger partial charge in [0.05, 0.1) is 11.6 Å². The third kappa shape index (κ3) is 1.85. The maximum absolute atomic E-state index is 12.1. The van der Waals surface area contributed by atoms with Crippen LogP contribution in [0, 0.1) is 11.3 Å². The fourth-order valence-corrected chi connectivity index (χ4v) is 3.20. The number of nitrogens with one attached hydrogen (secondary N) is 1. The van der Waals surface area contributed by atoms with E-state index in [0.29, 0.717) is 12.1 Å². The zero-order valence-electron chi connectivity index (χ0n) is 11.1. The zero-order valence-corrected chi connectivity index (χ0v) is 11.1. The summed E-state index contributed by atoms with van der Waals surface area (Å²) in [5.74, 6) is -0.170. The Morgan fingerprint density at radius 2 is 2.05 bits per heavy atom. The largest absolute Gasteiger partial charge is 0.325 e. The number of carbonyl (C=O) groups is 2. The summed E-state index contributed by atoms with van der Waals surface area (Å²) in [5, 5.41) is 11.4. The van der Waals surface area contributed by atoms with E-state index in [9.17, 15) is 9.59 Å². The Balaban J connectivity index is 1.90. The molecule has 5 nitrogen and oxygen atoms in total. The minimum absolute atomic E-state index is 0.170. The summed E-state index contributed by atoms with van der Waals surface area (Å²) in [5.41, 5.74) is 0.772. The summed E-state index contributed by atoms with van der Waals surface area (Å²) in [6, 6.07) is 8.93. The van der Waals surface area contributed by atoms with Gasteiger partial charge >= 0.3 is 6.03 Å². The van der Waals surface area contributed by atoms with Crippen molar-refractivity contribution in [2.45, 2.75) is 37.8 Å². The summed E-state index contributed by atoms with van der Waals surface area (Å²) in [6.45, 7) is 0.368. The van der Waals surface area contributed by atoms with E-state index in [2.05, 4.69) is 11.4 Å². The Bertz CT molecular complexity index is 612. The number of nitriles is 1. The number of amides is 3. The predicted octanol–water partition coefficient (Wildman–Crippen LogP) is 1.92. The molecule has 0 unspecified atom stereocenters. The molecule has 1 N–H and O–H groups in total. The summed E-state index contributed by atoms with van der Waals surface area (Å²) in [7, 11) is 0. The van der Waals surface area contributed by atoms with Crippen LogP contribution in [0.4, 0.5) is 4.79 Å². The van der Waals surface area contributed by atoms with Crippen molar-refractivity contribution in [2.24, 2.45) is 0 Å². The molecule has 0 aromatic heterocycles. The van der Waals surface area contributed by atoms with Gasteiger partial charge in [-0.2, -0.15) is 5.26 Å². The van der Waals surface area contributed by atoms with E-state index in [1.54, 1.807) is 23.1 Å². The van der Waals surface area contributed by atoms with Crippen LogP contribution in [-0.4, -0.2) is 22.4 Å². The van der Waals surface area contributed by atoms with Crippen LogP contribution in [0.1, 0.15) is 36.8 Å². The summed E-state index contributed by atoms with van der Waals surface area (Å²) < 4.78 is 0. The van der Waals surface area contributed by atoms with Gasteiger partial charge in [0.2, 0.25) is 0 Å². The van der Waals surface area contributed by atoms with Crippen molar-refractivity contribution >= 4 is 11.9 Å². The molecule has 0 atom stereocenters. The molecule has 3 rings (SSSR count). The lowest BCUT2D eigenvalue weighted by molar-refractivity contribution is -0.126. The molecule has 0 bridgehead atoms. The van der Waals surface area contributed by atoms with Crippen LogP contribution in [0.5, 0.6) is 0 Å². The first-order valence-electron chi connectivity index (χ1n) is 6.78. The topological polar surface area (TPSA) is 73.2 Å². The Kier molecular flexibility index (Phi) is 2.94. The maximum Gasteiger partial charge on any atom is 0.325 e. The average Bonchev–Trinajstić information content (AvgIpc) is 3.02. The first-order chi connectivity index (χ1) is 9.65. The Labute approximate surface area is 117 Å². The minimum Gasteiger partial charge on any atom is -0.305 e. The van der Waals surface area contributed by atoms with Crippen LogP contribution in [0.15, 0.2) is 24.3 Å². The molecule has 3 amide bonds. The smallest absolute Gasteiger partial charge is 0.305 e. The maximum atomic E-state index is 12.1. The molecule has 1 spiro atoms. The molecule has 1 saturated carbocycles. The van der Waals surface area contributed by atoms with Crippen LogP contribution in [0.3, 0.4) is 0 Å². The Morgan fingerprint density at radius 1 is 1.30 bits per heavy atom. The second-order valence-corrected chi connectivity index (χ2v) is 5.40. The molecular formula is C15H15N3O2. The van der Waals surface area contributed by atoms with E-state index in [4.69, 9.17) is 5.26 Å². The first kappa shape index (κ1) is 12.7. The molecular weight excluding hydrogens is 254 g/mol. The molecule has 0 radical (unpaired) electrons. The molecule has 1 aromatic carbocycles. The van der Waals surface area contributed by atoms with E-state index in [0.717, 1.165) is 31.2 Å². The van der Waals surface area contributed by atoms with E-state index >= 15 is 0 Å². The predicted molar refractivity (Wildman–Crippen MR) is 71.4 cm³/mol. The van der Waals surface area contributed by atoms with Gasteiger partial charge in [0.15, 0.2) is 0 Å². The third-order valence-corrected chi connectivity index (χ3v) is 4.23. The number of rotatable bonds is 2. The summed E-state index contributed by atoms with van der Waals surface area (Å²) in [6.07, 6.45) is 3.38. The van der Waals surface area contributed by atoms with Gasteiger partial charge in [-0.1, -0.05) is 25.0 Å². The highest BCUT2D eigenvalue weighted by Gasteiger charge is 2.53. The van der Waals surface area contributed by atoms with Crippen molar-refractivity contribution in [3.05, 3.63) is 35.4 Å². The van der Waals surface area contributed by atoms with Gasteiger partial charge in [-0.3, -0.25) is 10.1 Å². The average molecular weight is 269 g/mol. The second kappa shape index (κ2) is 4.64. The molecule has 102 valence electrons. The van der Waals surface area contributed by atoms with E-state index < -0.39 is 5.54 Å². The third-order valence-electron chi connectivity index (χ3n) is 4.23. The van der Waals surface area contributed by atoms with Gasteiger partial charge in [0.1, 0.15) is 5.54 Å². The molecule has 1 aliphatic heterocycles. The highest BCUT2D eigenvalue weighted by molar-refractivity contribution is 6.07. The molecule has 2 aliphatic rings. The van der Waals surface area contributed by atoms with Gasteiger partial charge in [0.25, 0.3) is 5.91 Å². The number of hydrogen-bond acceptors (Lipinski definition) is 3. The van der Waals surface area contributed by atoms with Gasteiger partial charge in [-0.25, -0.2) is 4.79 Å². The fraction of sp³-hybridized carbons (Fsp3) is 0.400. The van der Waals surface area contributed by atoms with E-state index in [-0.39, 0.29) is 11.9 Å².